The van der Waals surface area contributed by atoms with E-state index < -0.39 is 0 Å². The van der Waals surface area contributed by atoms with Gasteiger partial charge in [0.15, 0.2) is 0 Å². The van der Waals surface area contributed by atoms with E-state index in [1.807, 2.05) is 24.3 Å². The molecule has 3 rings (SSSR count). The fraction of sp³-hybridized carbons (Fsp3) is 0.176. The number of pyridine rings is 1. The van der Waals surface area contributed by atoms with Gasteiger partial charge in [-0.15, -0.1) is 0 Å². The number of fused-ring (bicyclic) bond motifs is 1. The molecule has 0 fully saturated rings. The Morgan fingerprint density at radius 3 is 2.62 bits per heavy atom. The fourth-order valence-corrected chi connectivity index (χ4v) is 2.43. The molecule has 0 saturated carbocycles. The maximum atomic E-state index is 12.5. The molecule has 2 heterocycles. The maximum absolute atomic E-state index is 12.5. The van der Waals surface area contributed by atoms with Crippen LogP contribution in [0.5, 0.6) is 0 Å². The van der Waals surface area contributed by atoms with Crippen LogP contribution in [-0.4, -0.2) is 27.5 Å². The molecule has 4 nitrogen and oxygen atoms in total. The average molecular weight is 278 g/mol. The Hall–Kier alpha value is -2.64. The van der Waals surface area contributed by atoms with Crippen molar-refractivity contribution in [2.45, 2.75) is 13.1 Å². The third-order valence-corrected chi connectivity index (χ3v) is 3.42. The summed E-state index contributed by atoms with van der Waals surface area (Å²) >= 11 is 0. The SMILES string of the molecule is O=C(c1cncc(C#CCO)c1)N1Cc2ccccc2C1. The predicted octanol–water partition coefficient (Wildman–Crippen LogP) is 1.58. The first-order valence-electron chi connectivity index (χ1n) is 6.69. The highest BCUT2D eigenvalue weighted by atomic mass is 16.2. The molecule has 1 aromatic carbocycles. The first kappa shape index (κ1) is 13.3. The second-order valence-electron chi connectivity index (χ2n) is 4.85. The number of hydrogen-bond donors (Lipinski definition) is 1. The van der Waals surface area contributed by atoms with Gasteiger partial charge in [0.25, 0.3) is 5.91 Å². The minimum absolute atomic E-state index is 0.0497. The van der Waals surface area contributed by atoms with Crippen molar-refractivity contribution in [2.75, 3.05) is 6.61 Å². The standard InChI is InChI=1S/C17H14N2O2/c20-7-3-4-13-8-16(10-18-9-13)17(21)19-11-14-5-1-2-6-15(14)12-19/h1-2,5-6,8-10,20H,7,11-12H2. The largest absolute Gasteiger partial charge is 0.384 e. The highest BCUT2D eigenvalue weighted by Gasteiger charge is 2.24. The number of aromatic nitrogens is 1. The molecule has 21 heavy (non-hydrogen) atoms. The lowest BCUT2D eigenvalue weighted by Crippen LogP contribution is -2.25. The van der Waals surface area contributed by atoms with Gasteiger partial charge in [-0.3, -0.25) is 9.78 Å². The monoisotopic (exact) mass is 278 g/mol. The maximum Gasteiger partial charge on any atom is 0.256 e. The van der Waals surface area contributed by atoms with Gasteiger partial charge in [0.1, 0.15) is 6.61 Å². The van der Waals surface area contributed by atoms with E-state index in [0.29, 0.717) is 24.2 Å². The van der Waals surface area contributed by atoms with Crippen molar-refractivity contribution >= 4 is 5.91 Å². The van der Waals surface area contributed by atoms with Crippen molar-refractivity contribution in [3.63, 3.8) is 0 Å². The number of benzene rings is 1. The van der Waals surface area contributed by atoms with E-state index in [9.17, 15) is 4.79 Å². The Labute approximate surface area is 123 Å². The Morgan fingerprint density at radius 2 is 1.95 bits per heavy atom. The molecular formula is C17H14N2O2. The van der Waals surface area contributed by atoms with Crippen molar-refractivity contribution < 1.29 is 9.90 Å². The van der Waals surface area contributed by atoms with Gasteiger partial charge in [0, 0.05) is 31.0 Å². The number of carbonyl (C=O) groups is 1. The molecule has 0 spiro atoms. The van der Waals surface area contributed by atoms with Crippen LogP contribution in [0.1, 0.15) is 27.0 Å². The van der Waals surface area contributed by atoms with E-state index >= 15 is 0 Å². The normalized spacial score (nSPS) is 12.5. The number of aliphatic hydroxyl groups excluding tert-OH is 1. The zero-order valence-corrected chi connectivity index (χ0v) is 11.4. The molecule has 4 heteroatoms. The Bertz CT molecular complexity index is 719. The van der Waals surface area contributed by atoms with Crippen LogP contribution in [0.25, 0.3) is 0 Å². The molecule has 104 valence electrons. The number of aliphatic hydroxyl groups is 1. The van der Waals surface area contributed by atoms with E-state index in [1.54, 1.807) is 23.4 Å². The van der Waals surface area contributed by atoms with Crippen molar-refractivity contribution in [2.24, 2.45) is 0 Å². The van der Waals surface area contributed by atoms with Crippen LogP contribution in [0, 0.1) is 11.8 Å². The van der Waals surface area contributed by atoms with Gasteiger partial charge < -0.3 is 10.0 Å². The summed E-state index contributed by atoms with van der Waals surface area (Å²) in [6, 6.07) is 9.77. The molecule has 0 radical (unpaired) electrons. The molecule has 0 saturated heterocycles. The summed E-state index contributed by atoms with van der Waals surface area (Å²) in [6.07, 6.45) is 3.13. The minimum atomic E-state index is -0.209. The van der Waals surface area contributed by atoms with Gasteiger partial charge >= 0.3 is 0 Å². The topological polar surface area (TPSA) is 53.4 Å². The van der Waals surface area contributed by atoms with Crippen molar-refractivity contribution in [1.82, 2.24) is 9.88 Å². The molecule has 1 N–H and O–H groups in total. The van der Waals surface area contributed by atoms with E-state index in [2.05, 4.69) is 16.8 Å². The highest BCUT2D eigenvalue weighted by Crippen LogP contribution is 2.23. The lowest BCUT2D eigenvalue weighted by Gasteiger charge is -2.15. The molecular weight excluding hydrogens is 264 g/mol. The van der Waals surface area contributed by atoms with Gasteiger partial charge in [-0.25, -0.2) is 0 Å². The van der Waals surface area contributed by atoms with Gasteiger partial charge in [0.05, 0.1) is 5.56 Å². The van der Waals surface area contributed by atoms with E-state index in [1.165, 1.54) is 11.1 Å². The predicted molar refractivity (Wildman–Crippen MR) is 78.2 cm³/mol. The van der Waals surface area contributed by atoms with Gasteiger partial charge in [0.2, 0.25) is 0 Å². The molecule has 1 aliphatic rings. The molecule has 1 aromatic heterocycles. The van der Waals surface area contributed by atoms with Gasteiger partial charge in [-0.2, -0.15) is 0 Å². The number of amides is 1. The van der Waals surface area contributed by atoms with Crippen molar-refractivity contribution in [3.8, 4) is 11.8 Å². The van der Waals surface area contributed by atoms with Crippen LogP contribution in [0.2, 0.25) is 0 Å². The number of carbonyl (C=O) groups excluding carboxylic acids is 1. The summed E-state index contributed by atoms with van der Waals surface area (Å²) in [5.41, 5.74) is 3.53. The molecule has 0 atom stereocenters. The first-order valence-corrected chi connectivity index (χ1v) is 6.69. The molecule has 1 aliphatic heterocycles. The lowest BCUT2D eigenvalue weighted by atomic mass is 10.1. The summed E-state index contributed by atoms with van der Waals surface area (Å²) in [5.74, 6) is 5.27. The second kappa shape index (κ2) is 5.78. The lowest BCUT2D eigenvalue weighted by molar-refractivity contribution is 0.0751. The van der Waals surface area contributed by atoms with E-state index in [-0.39, 0.29) is 12.5 Å². The van der Waals surface area contributed by atoms with Crippen LogP contribution < -0.4 is 0 Å². The van der Waals surface area contributed by atoms with Crippen LogP contribution in [0.15, 0.2) is 42.7 Å². The zero-order chi connectivity index (χ0) is 14.7. The highest BCUT2D eigenvalue weighted by molar-refractivity contribution is 5.94. The molecule has 2 aromatic rings. The smallest absolute Gasteiger partial charge is 0.256 e. The van der Waals surface area contributed by atoms with Crippen LogP contribution in [0.4, 0.5) is 0 Å². The minimum Gasteiger partial charge on any atom is -0.384 e. The fourth-order valence-electron chi connectivity index (χ4n) is 2.43. The Balaban J connectivity index is 1.81. The Kier molecular flexibility index (Phi) is 3.67. The molecule has 0 aliphatic carbocycles. The van der Waals surface area contributed by atoms with Crippen molar-refractivity contribution in [1.29, 1.82) is 0 Å². The summed E-state index contributed by atoms with van der Waals surface area (Å²) in [7, 11) is 0. The van der Waals surface area contributed by atoms with Gasteiger partial charge in [-0.05, 0) is 17.2 Å². The number of rotatable bonds is 1. The summed E-state index contributed by atoms with van der Waals surface area (Å²) in [6.45, 7) is 1.04. The summed E-state index contributed by atoms with van der Waals surface area (Å²) in [5, 5.41) is 8.71. The third-order valence-electron chi connectivity index (χ3n) is 3.42. The van der Waals surface area contributed by atoms with Crippen LogP contribution in [-0.2, 0) is 13.1 Å². The summed E-state index contributed by atoms with van der Waals surface area (Å²) in [4.78, 5) is 18.4. The number of nitrogens with zero attached hydrogens (tertiary/aromatic N) is 2. The first-order chi connectivity index (χ1) is 10.3. The van der Waals surface area contributed by atoms with E-state index in [4.69, 9.17) is 5.11 Å². The zero-order valence-electron chi connectivity index (χ0n) is 11.4. The molecule has 0 bridgehead atoms. The van der Waals surface area contributed by atoms with Crippen molar-refractivity contribution in [3.05, 3.63) is 65.0 Å². The van der Waals surface area contributed by atoms with Gasteiger partial charge in [-0.1, -0.05) is 36.1 Å². The summed E-state index contributed by atoms with van der Waals surface area (Å²) < 4.78 is 0. The quantitative estimate of drug-likeness (QED) is 0.806. The Morgan fingerprint density at radius 1 is 1.24 bits per heavy atom. The van der Waals surface area contributed by atoms with Crippen LogP contribution in [0.3, 0.4) is 0 Å². The average Bonchev–Trinajstić information content (AvgIpc) is 2.96. The van der Waals surface area contributed by atoms with Crippen LogP contribution >= 0.6 is 0 Å². The molecule has 0 unspecified atom stereocenters. The molecule has 1 amide bonds. The van der Waals surface area contributed by atoms with E-state index in [0.717, 1.165) is 0 Å². The third kappa shape index (κ3) is 2.78. The number of hydrogen-bond acceptors (Lipinski definition) is 3. The second-order valence-corrected chi connectivity index (χ2v) is 4.85.